The Morgan fingerprint density at radius 1 is 0.941 bits per heavy atom. The molecule has 264 valence electrons. The molecule has 4 aliphatic rings. The molecule has 0 spiro atoms. The molecule has 8 rings (SSSR count). The summed E-state index contributed by atoms with van der Waals surface area (Å²) in [4.78, 5) is 41.3. The van der Waals surface area contributed by atoms with E-state index in [1.54, 1.807) is 29.0 Å². The van der Waals surface area contributed by atoms with Gasteiger partial charge in [0.25, 0.3) is 5.91 Å². The number of hydrogen-bond acceptors (Lipinski definition) is 11. The molecule has 0 unspecified atom stereocenters. The summed E-state index contributed by atoms with van der Waals surface area (Å²) < 4.78 is 22.3. The predicted molar refractivity (Wildman–Crippen MR) is 189 cm³/mol. The maximum Gasteiger partial charge on any atom is 0.416 e. The zero-order chi connectivity index (χ0) is 34.9. The van der Waals surface area contributed by atoms with Crippen molar-refractivity contribution < 1.29 is 33.6 Å². The van der Waals surface area contributed by atoms with Gasteiger partial charge in [-0.05, 0) is 60.9 Å². The molecule has 2 saturated heterocycles. The van der Waals surface area contributed by atoms with Crippen molar-refractivity contribution >= 4 is 29.5 Å². The smallest absolute Gasteiger partial charge is 0.416 e. The number of hydrogen-bond donors (Lipinski definition) is 2. The van der Waals surface area contributed by atoms with Gasteiger partial charge in [0, 0.05) is 43.2 Å². The van der Waals surface area contributed by atoms with E-state index in [1.165, 1.54) is 0 Å². The fourth-order valence-corrected chi connectivity index (χ4v) is 7.32. The van der Waals surface area contributed by atoms with Crippen LogP contribution < -0.4 is 29.5 Å². The third kappa shape index (κ3) is 6.62. The van der Waals surface area contributed by atoms with Crippen LogP contribution in [0.3, 0.4) is 0 Å². The fraction of sp³-hybridized carbons (Fsp3) is 0.368. The van der Waals surface area contributed by atoms with Gasteiger partial charge in [0.2, 0.25) is 0 Å². The Morgan fingerprint density at radius 2 is 1.76 bits per heavy atom. The van der Waals surface area contributed by atoms with Crippen molar-refractivity contribution in [3.8, 4) is 28.5 Å². The number of nitrogens with zero attached hydrogens (tertiary/aromatic N) is 5. The number of carbonyl (C=O) groups is 2. The van der Waals surface area contributed by atoms with E-state index in [0.717, 1.165) is 42.2 Å². The van der Waals surface area contributed by atoms with Crippen LogP contribution in [0.1, 0.15) is 30.4 Å². The van der Waals surface area contributed by atoms with Gasteiger partial charge in [-0.25, -0.2) is 14.8 Å². The van der Waals surface area contributed by atoms with Crippen LogP contribution in [0.5, 0.6) is 17.2 Å². The minimum Gasteiger partial charge on any atom is -0.507 e. The Labute approximate surface area is 295 Å². The Hall–Kier alpha value is -5.40. The highest BCUT2D eigenvalue weighted by molar-refractivity contribution is 5.97. The van der Waals surface area contributed by atoms with Gasteiger partial charge in [-0.1, -0.05) is 30.3 Å². The van der Waals surface area contributed by atoms with Crippen molar-refractivity contribution in [1.29, 1.82) is 0 Å². The van der Waals surface area contributed by atoms with Gasteiger partial charge in [-0.15, -0.1) is 0 Å². The van der Waals surface area contributed by atoms with Crippen LogP contribution in [0.4, 0.5) is 22.2 Å². The predicted octanol–water partition coefficient (Wildman–Crippen LogP) is 4.66. The van der Waals surface area contributed by atoms with Crippen LogP contribution in [-0.2, 0) is 27.4 Å². The maximum absolute atomic E-state index is 13.3. The van der Waals surface area contributed by atoms with E-state index >= 15 is 0 Å². The number of aromatic hydroxyl groups is 1. The minimum absolute atomic E-state index is 0.0762. The molecule has 2 aromatic carbocycles. The number of carbonyl (C=O) groups excluding carboxylic acids is 2. The number of benzene rings is 2. The first-order valence-corrected chi connectivity index (χ1v) is 17.4. The van der Waals surface area contributed by atoms with Gasteiger partial charge in [0.15, 0.2) is 18.2 Å². The second-order valence-electron chi connectivity index (χ2n) is 13.2. The van der Waals surface area contributed by atoms with Crippen molar-refractivity contribution in [2.45, 2.75) is 50.5 Å². The average molecular weight is 693 g/mol. The molecule has 4 aromatic rings. The standard InChI is InChI=1S/C38H40N6O7/c1-48-27-11-8-24(9-12-27)22-43-35(45)23-50-31-14-15-34(41-37(31)43)44-30-13-10-26(20-32(30)51-38(44)47)39-21-25-4-2-5-28(36(25)46)29-6-3-7-33(40-29)42-16-18-49-19-17-42/h2-9,11-12,14-15,26,30,32,39,46H,10,13,16-23H2,1H3/t26-,30-,32-/m1/s1. The van der Waals surface area contributed by atoms with Gasteiger partial charge in [0.1, 0.15) is 29.2 Å². The van der Waals surface area contributed by atoms with E-state index in [9.17, 15) is 14.7 Å². The van der Waals surface area contributed by atoms with E-state index in [2.05, 4.69) is 10.2 Å². The first kappa shape index (κ1) is 32.8. The molecule has 2 aromatic heterocycles. The number of rotatable bonds is 9. The number of ether oxygens (including phenoxy) is 4. The molecule has 5 heterocycles. The molecule has 2 amide bonds. The second kappa shape index (κ2) is 14.1. The summed E-state index contributed by atoms with van der Waals surface area (Å²) in [5.74, 6) is 2.86. The third-order valence-corrected chi connectivity index (χ3v) is 10.1. The molecule has 0 bridgehead atoms. The number of anilines is 3. The van der Waals surface area contributed by atoms with Crippen LogP contribution in [-0.4, -0.2) is 85.3 Å². The van der Waals surface area contributed by atoms with E-state index < -0.39 is 6.09 Å². The number of phenols is 1. The number of pyridine rings is 2. The molecule has 0 radical (unpaired) electrons. The monoisotopic (exact) mass is 692 g/mol. The van der Waals surface area contributed by atoms with Crippen molar-refractivity contribution in [3.63, 3.8) is 0 Å². The number of nitrogens with one attached hydrogen (secondary N) is 1. The number of aromatic nitrogens is 2. The molecular weight excluding hydrogens is 652 g/mol. The maximum atomic E-state index is 13.3. The molecule has 2 N–H and O–H groups in total. The summed E-state index contributed by atoms with van der Waals surface area (Å²) in [5, 5.41) is 14.9. The molecule has 3 fully saturated rings. The lowest BCUT2D eigenvalue weighted by Gasteiger charge is -2.34. The number of fused-ring (bicyclic) bond motifs is 2. The number of amides is 2. The van der Waals surface area contributed by atoms with Crippen LogP contribution in [0.2, 0.25) is 0 Å². The van der Waals surface area contributed by atoms with Gasteiger partial charge in [-0.3, -0.25) is 14.6 Å². The van der Waals surface area contributed by atoms with Gasteiger partial charge in [-0.2, -0.15) is 0 Å². The largest absolute Gasteiger partial charge is 0.507 e. The fourth-order valence-electron chi connectivity index (χ4n) is 7.32. The van der Waals surface area contributed by atoms with E-state index in [1.807, 2.05) is 60.7 Å². The number of methoxy groups -OCH3 is 1. The molecular formula is C38H40N6O7. The number of morpholine rings is 1. The zero-order valence-electron chi connectivity index (χ0n) is 28.4. The highest BCUT2D eigenvalue weighted by Crippen LogP contribution is 2.39. The quantitative estimate of drug-likeness (QED) is 0.253. The highest BCUT2D eigenvalue weighted by atomic mass is 16.6. The third-order valence-electron chi connectivity index (χ3n) is 10.1. The summed E-state index contributed by atoms with van der Waals surface area (Å²) in [6.45, 7) is 3.58. The van der Waals surface area contributed by atoms with Crippen LogP contribution in [0.25, 0.3) is 11.3 Å². The lowest BCUT2D eigenvalue weighted by molar-refractivity contribution is -0.121. The molecule has 13 heteroatoms. The summed E-state index contributed by atoms with van der Waals surface area (Å²) in [5.41, 5.74) is 3.07. The Bertz CT molecular complexity index is 1920. The van der Waals surface area contributed by atoms with Crippen molar-refractivity contribution in [1.82, 2.24) is 15.3 Å². The topological polar surface area (TPSA) is 139 Å². The highest BCUT2D eigenvalue weighted by Gasteiger charge is 2.47. The average Bonchev–Trinajstić information content (AvgIpc) is 3.50. The van der Waals surface area contributed by atoms with Gasteiger partial charge in [0.05, 0.1) is 38.6 Å². The van der Waals surface area contributed by atoms with Gasteiger partial charge < -0.3 is 34.3 Å². The van der Waals surface area contributed by atoms with Crippen LogP contribution in [0, 0.1) is 0 Å². The van der Waals surface area contributed by atoms with Gasteiger partial charge >= 0.3 is 6.09 Å². The van der Waals surface area contributed by atoms with E-state index in [4.69, 9.17) is 28.9 Å². The summed E-state index contributed by atoms with van der Waals surface area (Å²) in [6, 6.07) is 22.5. The van der Waals surface area contributed by atoms with Crippen molar-refractivity contribution in [2.75, 3.05) is 54.7 Å². The van der Waals surface area contributed by atoms with E-state index in [0.29, 0.717) is 67.8 Å². The molecule has 1 saturated carbocycles. The zero-order valence-corrected chi connectivity index (χ0v) is 28.4. The molecule has 51 heavy (non-hydrogen) atoms. The Kier molecular flexibility index (Phi) is 9.05. The first-order chi connectivity index (χ1) is 24.9. The van der Waals surface area contributed by atoms with Crippen molar-refractivity contribution in [3.05, 3.63) is 83.9 Å². The minimum atomic E-state index is -0.458. The normalized spacial score (nSPS) is 21.5. The molecule has 3 aliphatic heterocycles. The Morgan fingerprint density at radius 3 is 2.59 bits per heavy atom. The van der Waals surface area contributed by atoms with E-state index in [-0.39, 0.29) is 36.5 Å². The second-order valence-corrected chi connectivity index (χ2v) is 13.2. The van der Waals surface area contributed by atoms with Crippen molar-refractivity contribution in [2.24, 2.45) is 0 Å². The van der Waals surface area contributed by atoms with Crippen LogP contribution in [0.15, 0.2) is 72.8 Å². The number of para-hydroxylation sites is 1. The lowest BCUT2D eigenvalue weighted by Crippen LogP contribution is -2.46. The summed E-state index contributed by atoms with van der Waals surface area (Å²) >= 11 is 0. The number of phenolic OH excluding ortho intramolecular Hbond substituents is 1. The molecule has 13 nitrogen and oxygen atoms in total. The summed E-state index contributed by atoms with van der Waals surface area (Å²) in [6.07, 6.45) is 1.32. The SMILES string of the molecule is COc1ccc(CN2C(=O)COc3ccc(N4C(=O)O[C@@H]5C[C@H](NCc6cccc(-c7cccc(N8CCOCC8)n7)c6O)CC[C@H]54)nc32)cc1. The lowest BCUT2D eigenvalue weighted by atomic mass is 9.88. The first-order valence-electron chi connectivity index (χ1n) is 17.4. The summed E-state index contributed by atoms with van der Waals surface area (Å²) in [7, 11) is 1.61. The van der Waals surface area contributed by atoms with Crippen LogP contribution >= 0.6 is 0 Å². The molecule has 3 atom stereocenters. The Balaban J connectivity index is 0.932. The molecule has 1 aliphatic carbocycles.